The normalized spacial score (nSPS) is 16.1. The van der Waals surface area contributed by atoms with Crippen molar-refractivity contribution in [3.05, 3.63) is 42.2 Å². The Labute approximate surface area is 118 Å². The smallest absolute Gasteiger partial charge is 0.144 e. The maximum atomic E-state index is 5.53. The van der Waals surface area contributed by atoms with Crippen LogP contribution in [0.4, 0.5) is 5.82 Å². The molecule has 2 heterocycles. The second-order valence-electron chi connectivity index (χ2n) is 4.89. The summed E-state index contributed by atoms with van der Waals surface area (Å²) < 4.78 is 5.40. The van der Waals surface area contributed by atoms with E-state index in [1.54, 1.807) is 0 Å². The van der Waals surface area contributed by atoms with Crippen molar-refractivity contribution in [3.63, 3.8) is 0 Å². The molecule has 1 fully saturated rings. The predicted octanol–water partition coefficient (Wildman–Crippen LogP) is 2.32. The van der Waals surface area contributed by atoms with E-state index in [9.17, 15) is 0 Å². The highest BCUT2D eigenvalue weighted by molar-refractivity contribution is 5.62. The Morgan fingerprint density at radius 2 is 1.85 bits per heavy atom. The molecule has 1 aromatic heterocycles. The van der Waals surface area contributed by atoms with E-state index in [4.69, 9.17) is 15.6 Å². The van der Waals surface area contributed by atoms with Gasteiger partial charge >= 0.3 is 0 Å². The Kier molecular flexibility index (Phi) is 3.90. The Bertz CT molecular complexity index is 567. The van der Waals surface area contributed by atoms with Crippen LogP contribution >= 0.6 is 0 Å². The highest BCUT2D eigenvalue weighted by Gasteiger charge is 2.20. The van der Waals surface area contributed by atoms with Gasteiger partial charge in [-0.3, -0.25) is 0 Å². The molecule has 0 aliphatic carbocycles. The van der Waals surface area contributed by atoms with Gasteiger partial charge in [-0.05, 0) is 12.8 Å². The van der Waals surface area contributed by atoms with Crippen molar-refractivity contribution in [1.82, 2.24) is 9.97 Å². The van der Waals surface area contributed by atoms with E-state index in [0.29, 0.717) is 11.7 Å². The minimum absolute atomic E-state index is 0.347. The SMILES string of the molecule is NNc1cc(-c2ccccc2)nc(C2CCOCC2)n1. The molecule has 1 saturated heterocycles. The van der Waals surface area contributed by atoms with Gasteiger partial charge in [0.1, 0.15) is 11.6 Å². The summed E-state index contributed by atoms with van der Waals surface area (Å²) in [5.41, 5.74) is 4.60. The third-order valence-electron chi connectivity index (χ3n) is 3.55. The number of nitrogens with two attached hydrogens (primary N) is 1. The van der Waals surface area contributed by atoms with Crippen molar-refractivity contribution in [3.8, 4) is 11.3 Å². The first-order valence-corrected chi connectivity index (χ1v) is 6.85. The molecule has 0 bridgehead atoms. The molecule has 5 nitrogen and oxygen atoms in total. The first-order valence-electron chi connectivity index (χ1n) is 6.85. The molecule has 0 saturated carbocycles. The van der Waals surface area contributed by atoms with Gasteiger partial charge in [-0.25, -0.2) is 15.8 Å². The van der Waals surface area contributed by atoms with Gasteiger partial charge in [0.15, 0.2) is 0 Å². The van der Waals surface area contributed by atoms with Crippen LogP contribution in [0.2, 0.25) is 0 Å². The molecular weight excluding hydrogens is 252 g/mol. The first kappa shape index (κ1) is 13.0. The van der Waals surface area contributed by atoms with Gasteiger partial charge < -0.3 is 10.2 Å². The summed E-state index contributed by atoms with van der Waals surface area (Å²) in [4.78, 5) is 9.21. The largest absolute Gasteiger partial charge is 0.381 e. The minimum atomic E-state index is 0.347. The van der Waals surface area contributed by atoms with Crippen LogP contribution in [-0.2, 0) is 4.74 Å². The summed E-state index contributed by atoms with van der Waals surface area (Å²) >= 11 is 0. The van der Waals surface area contributed by atoms with Gasteiger partial charge in [0.25, 0.3) is 0 Å². The lowest BCUT2D eigenvalue weighted by Crippen LogP contribution is -2.18. The van der Waals surface area contributed by atoms with E-state index in [0.717, 1.165) is 43.1 Å². The second-order valence-corrected chi connectivity index (χ2v) is 4.89. The van der Waals surface area contributed by atoms with Crippen LogP contribution in [-0.4, -0.2) is 23.2 Å². The minimum Gasteiger partial charge on any atom is -0.381 e. The topological polar surface area (TPSA) is 73.1 Å². The average molecular weight is 270 g/mol. The van der Waals surface area contributed by atoms with Gasteiger partial charge in [0.2, 0.25) is 0 Å². The Morgan fingerprint density at radius 1 is 1.10 bits per heavy atom. The maximum absolute atomic E-state index is 5.53. The van der Waals surface area contributed by atoms with Crippen LogP contribution in [0.5, 0.6) is 0 Å². The van der Waals surface area contributed by atoms with Crippen molar-refractivity contribution in [2.24, 2.45) is 5.84 Å². The van der Waals surface area contributed by atoms with Crippen LogP contribution in [0.15, 0.2) is 36.4 Å². The lowest BCUT2D eigenvalue weighted by atomic mass is 9.99. The summed E-state index contributed by atoms with van der Waals surface area (Å²) in [6.07, 6.45) is 1.92. The number of ether oxygens (including phenoxy) is 1. The zero-order valence-electron chi connectivity index (χ0n) is 11.2. The van der Waals surface area contributed by atoms with Crippen molar-refractivity contribution < 1.29 is 4.74 Å². The lowest BCUT2D eigenvalue weighted by Gasteiger charge is -2.21. The molecule has 2 aromatic rings. The Morgan fingerprint density at radius 3 is 2.55 bits per heavy atom. The molecular formula is C15H18N4O. The van der Waals surface area contributed by atoms with Crippen LogP contribution in [0.25, 0.3) is 11.3 Å². The standard InChI is InChI=1S/C15H18N4O/c16-19-14-10-13(11-4-2-1-3-5-11)17-15(18-14)12-6-8-20-9-7-12/h1-5,10,12H,6-9,16H2,(H,17,18,19). The van der Waals surface area contributed by atoms with Gasteiger partial charge in [-0.2, -0.15) is 0 Å². The molecule has 1 aliphatic rings. The number of anilines is 1. The number of hydrogen-bond acceptors (Lipinski definition) is 5. The molecule has 5 heteroatoms. The predicted molar refractivity (Wildman–Crippen MR) is 78.1 cm³/mol. The van der Waals surface area contributed by atoms with Gasteiger partial charge in [0.05, 0.1) is 5.69 Å². The third kappa shape index (κ3) is 2.79. The molecule has 0 atom stereocenters. The van der Waals surface area contributed by atoms with Crippen LogP contribution < -0.4 is 11.3 Å². The average Bonchev–Trinajstić information content (AvgIpc) is 2.56. The number of hydrazine groups is 1. The van der Waals surface area contributed by atoms with E-state index in [1.807, 2.05) is 36.4 Å². The van der Waals surface area contributed by atoms with Crippen molar-refractivity contribution in [1.29, 1.82) is 0 Å². The fraction of sp³-hybridized carbons (Fsp3) is 0.333. The molecule has 0 spiro atoms. The van der Waals surface area contributed by atoms with Gasteiger partial charge in [-0.1, -0.05) is 30.3 Å². The summed E-state index contributed by atoms with van der Waals surface area (Å²) in [6.45, 7) is 1.55. The van der Waals surface area contributed by atoms with E-state index < -0.39 is 0 Å². The molecule has 1 aromatic carbocycles. The number of aromatic nitrogens is 2. The van der Waals surface area contributed by atoms with Crippen molar-refractivity contribution >= 4 is 5.82 Å². The van der Waals surface area contributed by atoms with Crippen molar-refractivity contribution in [2.45, 2.75) is 18.8 Å². The number of nitrogens with zero attached hydrogens (tertiary/aromatic N) is 2. The highest BCUT2D eigenvalue weighted by Crippen LogP contribution is 2.27. The molecule has 3 N–H and O–H groups in total. The molecule has 0 amide bonds. The zero-order valence-corrected chi connectivity index (χ0v) is 11.2. The molecule has 104 valence electrons. The fourth-order valence-electron chi connectivity index (χ4n) is 2.43. The van der Waals surface area contributed by atoms with E-state index in [1.165, 1.54) is 0 Å². The summed E-state index contributed by atoms with van der Waals surface area (Å²) in [5.74, 6) is 7.38. The molecule has 3 rings (SSSR count). The molecule has 1 aliphatic heterocycles. The van der Waals surface area contributed by atoms with Gasteiger partial charge in [-0.15, -0.1) is 0 Å². The molecule has 20 heavy (non-hydrogen) atoms. The number of benzene rings is 1. The van der Waals surface area contributed by atoms with Crippen LogP contribution in [0.3, 0.4) is 0 Å². The molecule has 0 radical (unpaired) electrons. The summed E-state index contributed by atoms with van der Waals surface area (Å²) in [7, 11) is 0. The number of hydrogen-bond donors (Lipinski definition) is 2. The Balaban J connectivity index is 1.98. The maximum Gasteiger partial charge on any atom is 0.144 e. The van der Waals surface area contributed by atoms with E-state index in [2.05, 4.69) is 10.4 Å². The zero-order chi connectivity index (χ0) is 13.8. The second kappa shape index (κ2) is 5.98. The number of nitrogen functional groups attached to an aromatic ring is 1. The van der Waals surface area contributed by atoms with Crippen LogP contribution in [0, 0.1) is 0 Å². The highest BCUT2D eigenvalue weighted by atomic mass is 16.5. The van der Waals surface area contributed by atoms with Crippen molar-refractivity contribution in [2.75, 3.05) is 18.6 Å². The van der Waals surface area contributed by atoms with Crippen LogP contribution in [0.1, 0.15) is 24.6 Å². The van der Waals surface area contributed by atoms with Gasteiger partial charge in [0, 0.05) is 30.8 Å². The summed E-state index contributed by atoms with van der Waals surface area (Å²) in [5, 5.41) is 0. The number of nitrogens with one attached hydrogen (secondary N) is 1. The lowest BCUT2D eigenvalue weighted by molar-refractivity contribution is 0.0836. The quantitative estimate of drug-likeness (QED) is 0.661. The first-order chi connectivity index (χ1) is 9.86. The Hall–Kier alpha value is -1.98. The third-order valence-corrected chi connectivity index (χ3v) is 3.55. The van der Waals surface area contributed by atoms with E-state index >= 15 is 0 Å². The monoisotopic (exact) mass is 270 g/mol. The summed E-state index contributed by atoms with van der Waals surface area (Å²) in [6, 6.07) is 11.9. The number of rotatable bonds is 3. The molecule has 0 unspecified atom stereocenters. The van der Waals surface area contributed by atoms with E-state index in [-0.39, 0.29) is 0 Å². The fourth-order valence-corrected chi connectivity index (χ4v) is 2.43.